The Morgan fingerprint density at radius 3 is 1.80 bits per heavy atom. The second-order valence-electron chi connectivity index (χ2n) is 11.7. The number of carbonyl (C=O) groups excluding carboxylic acids is 3. The van der Waals surface area contributed by atoms with Crippen molar-refractivity contribution in [1.29, 1.82) is 0 Å². The van der Waals surface area contributed by atoms with Crippen LogP contribution >= 0.6 is 0 Å². The molecule has 6 heteroatoms. The van der Waals surface area contributed by atoms with Gasteiger partial charge in [-0.1, -0.05) is 64.9 Å². The van der Waals surface area contributed by atoms with Crippen molar-refractivity contribution >= 4 is 17.8 Å². The van der Waals surface area contributed by atoms with Crippen LogP contribution in [-0.4, -0.2) is 35.1 Å². The van der Waals surface area contributed by atoms with Gasteiger partial charge in [-0.05, 0) is 60.0 Å². The van der Waals surface area contributed by atoms with E-state index in [0.717, 1.165) is 24.8 Å². The number of nitrogens with one attached hydrogen (secondary N) is 1. The zero-order chi connectivity index (χ0) is 26.8. The summed E-state index contributed by atoms with van der Waals surface area (Å²) >= 11 is 0. The molecule has 200 valence electrons. The third-order valence-electron chi connectivity index (χ3n) is 5.86. The second kappa shape index (κ2) is 13.8. The average molecular weight is 492 g/mol. The Morgan fingerprint density at radius 2 is 1.31 bits per heavy atom. The number of ether oxygens (including phenoxy) is 2. The van der Waals surface area contributed by atoms with Gasteiger partial charge in [0.05, 0.1) is 17.2 Å². The molecule has 0 radical (unpaired) electrons. The third-order valence-corrected chi connectivity index (χ3v) is 5.86. The zero-order valence-electron chi connectivity index (χ0n) is 23.6. The molecule has 0 spiro atoms. The van der Waals surface area contributed by atoms with Gasteiger partial charge in [0.25, 0.3) is 0 Å². The summed E-state index contributed by atoms with van der Waals surface area (Å²) in [5, 5.41) is 2.94. The van der Waals surface area contributed by atoms with Crippen LogP contribution in [0, 0.1) is 5.92 Å². The number of rotatable bonds is 12. The number of amides is 1. The Labute approximate surface area is 213 Å². The summed E-state index contributed by atoms with van der Waals surface area (Å²) in [6, 6.07) is -0.398. The summed E-state index contributed by atoms with van der Waals surface area (Å²) in [5.41, 5.74) is -0.0882. The van der Waals surface area contributed by atoms with Crippen LogP contribution in [-0.2, 0) is 23.9 Å². The normalized spacial score (nSPS) is 18.7. The molecule has 1 amide bonds. The maximum Gasteiger partial charge on any atom is 0.339 e. The summed E-state index contributed by atoms with van der Waals surface area (Å²) in [6.45, 7) is 16.4. The van der Waals surface area contributed by atoms with Crippen LogP contribution in [0.3, 0.4) is 0 Å². The van der Waals surface area contributed by atoms with Crippen LogP contribution in [0.4, 0.5) is 0 Å². The molecule has 1 N–H and O–H groups in total. The van der Waals surface area contributed by atoms with E-state index in [1.807, 2.05) is 33.8 Å². The lowest BCUT2D eigenvalue weighted by atomic mass is 9.78. The maximum atomic E-state index is 13.4. The quantitative estimate of drug-likeness (QED) is 0.246. The van der Waals surface area contributed by atoms with E-state index in [9.17, 15) is 14.4 Å². The fraction of sp³-hybridized carbons (Fsp3) is 0.759. The maximum absolute atomic E-state index is 13.4. The highest BCUT2D eigenvalue weighted by molar-refractivity contribution is 6.05. The lowest BCUT2D eigenvalue weighted by Crippen LogP contribution is -2.43. The minimum absolute atomic E-state index is 0.186. The molecule has 0 aromatic rings. The van der Waals surface area contributed by atoms with Gasteiger partial charge in [-0.3, -0.25) is 4.79 Å². The van der Waals surface area contributed by atoms with Gasteiger partial charge >= 0.3 is 11.9 Å². The smallest absolute Gasteiger partial charge is 0.339 e. The summed E-state index contributed by atoms with van der Waals surface area (Å²) in [6.07, 6.45) is 11.9. The highest BCUT2D eigenvalue weighted by Crippen LogP contribution is 2.36. The van der Waals surface area contributed by atoms with E-state index < -0.39 is 35.1 Å². The average Bonchev–Trinajstić information content (AvgIpc) is 2.68. The molecule has 1 rings (SSSR count). The number of hydrogen-bond donors (Lipinski definition) is 1. The van der Waals surface area contributed by atoms with Gasteiger partial charge in [0.2, 0.25) is 5.91 Å². The molecule has 35 heavy (non-hydrogen) atoms. The molecule has 6 nitrogen and oxygen atoms in total. The van der Waals surface area contributed by atoms with Gasteiger partial charge in [0.1, 0.15) is 11.2 Å². The molecule has 0 fully saturated rings. The first kappa shape index (κ1) is 30.9. The molecule has 0 heterocycles. The standard InChI is InChI=1S/C29H49NO5/c1-10-11-12-13-14-15-16-17-18-22-19-23(30-21(3)31)20(2)24(26(32)34-28(4,5)6)25(22)27(33)35-29(7,8)9/h19-20,23H,10-18H2,1-9H3,(H,30,31)/t20-,23-/m0/s1. The van der Waals surface area contributed by atoms with Crippen molar-refractivity contribution in [1.82, 2.24) is 5.32 Å². The van der Waals surface area contributed by atoms with Crippen LogP contribution in [0.25, 0.3) is 0 Å². The molecule has 1 aliphatic carbocycles. The molecular weight excluding hydrogens is 442 g/mol. The number of unbranched alkanes of at least 4 members (excludes halogenated alkanes) is 7. The fourth-order valence-corrected chi connectivity index (χ4v) is 4.27. The van der Waals surface area contributed by atoms with Crippen LogP contribution in [0.2, 0.25) is 0 Å². The molecule has 0 unspecified atom stereocenters. The van der Waals surface area contributed by atoms with Crippen molar-refractivity contribution in [3.8, 4) is 0 Å². The Hall–Kier alpha value is -2.11. The van der Waals surface area contributed by atoms with Gasteiger partial charge in [0.15, 0.2) is 0 Å². The molecule has 0 saturated heterocycles. The lowest BCUT2D eigenvalue weighted by Gasteiger charge is -2.33. The first-order valence-electron chi connectivity index (χ1n) is 13.3. The largest absolute Gasteiger partial charge is 0.457 e. The van der Waals surface area contributed by atoms with Crippen LogP contribution < -0.4 is 5.32 Å². The predicted molar refractivity (Wildman–Crippen MR) is 141 cm³/mol. The number of esters is 2. The van der Waals surface area contributed by atoms with Crippen molar-refractivity contribution in [2.75, 3.05) is 0 Å². The van der Waals surface area contributed by atoms with E-state index in [0.29, 0.717) is 12.0 Å². The summed E-state index contributed by atoms with van der Waals surface area (Å²) in [4.78, 5) is 38.7. The van der Waals surface area contributed by atoms with Crippen LogP contribution in [0.5, 0.6) is 0 Å². The molecular formula is C29H49NO5. The van der Waals surface area contributed by atoms with Crippen molar-refractivity contribution < 1.29 is 23.9 Å². The molecule has 0 aromatic carbocycles. The lowest BCUT2D eigenvalue weighted by molar-refractivity contribution is -0.154. The summed E-state index contributed by atoms with van der Waals surface area (Å²) < 4.78 is 11.4. The summed E-state index contributed by atoms with van der Waals surface area (Å²) in [5.74, 6) is -1.67. The SMILES string of the molecule is CCCCCCCCCCC1=C[C@H](NC(C)=O)[C@H](C)C(C(=O)OC(C)(C)C)=C1C(=O)OC(C)(C)C. The van der Waals surface area contributed by atoms with E-state index in [-0.39, 0.29) is 11.5 Å². The van der Waals surface area contributed by atoms with Crippen LogP contribution in [0.15, 0.2) is 22.8 Å². The minimum atomic E-state index is -0.717. The van der Waals surface area contributed by atoms with E-state index in [4.69, 9.17) is 9.47 Å². The minimum Gasteiger partial charge on any atom is -0.457 e. The van der Waals surface area contributed by atoms with Crippen molar-refractivity contribution in [2.45, 2.75) is 137 Å². The van der Waals surface area contributed by atoms with E-state index in [1.54, 1.807) is 20.8 Å². The van der Waals surface area contributed by atoms with Crippen molar-refractivity contribution in [2.24, 2.45) is 5.92 Å². The Bertz CT molecular complexity index is 795. The zero-order valence-corrected chi connectivity index (χ0v) is 23.6. The van der Waals surface area contributed by atoms with E-state index in [1.165, 1.54) is 39.0 Å². The van der Waals surface area contributed by atoms with Crippen molar-refractivity contribution in [3.63, 3.8) is 0 Å². The number of carbonyl (C=O) groups is 3. The van der Waals surface area contributed by atoms with Gasteiger partial charge in [0, 0.05) is 12.8 Å². The summed E-state index contributed by atoms with van der Waals surface area (Å²) in [7, 11) is 0. The molecule has 2 atom stereocenters. The predicted octanol–water partition coefficient (Wildman–Crippen LogP) is 6.58. The van der Waals surface area contributed by atoms with E-state index >= 15 is 0 Å². The Morgan fingerprint density at radius 1 is 0.829 bits per heavy atom. The third kappa shape index (κ3) is 11.4. The first-order chi connectivity index (χ1) is 16.2. The fourth-order valence-electron chi connectivity index (χ4n) is 4.27. The van der Waals surface area contributed by atoms with E-state index in [2.05, 4.69) is 12.2 Å². The highest BCUT2D eigenvalue weighted by Gasteiger charge is 2.39. The van der Waals surface area contributed by atoms with Crippen LogP contribution in [0.1, 0.15) is 120 Å². The topological polar surface area (TPSA) is 81.7 Å². The molecule has 0 bridgehead atoms. The van der Waals surface area contributed by atoms with Crippen molar-refractivity contribution in [3.05, 3.63) is 22.8 Å². The molecule has 1 aliphatic rings. The second-order valence-corrected chi connectivity index (χ2v) is 11.7. The Kier molecular flexibility index (Phi) is 12.2. The van der Waals surface area contributed by atoms with Gasteiger partial charge in [-0.2, -0.15) is 0 Å². The first-order valence-corrected chi connectivity index (χ1v) is 13.3. The van der Waals surface area contributed by atoms with Gasteiger partial charge in [-0.25, -0.2) is 9.59 Å². The molecule has 0 aromatic heterocycles. The molecule has 0 aliphatic heterocycles. The van der Waals surface area contributed by atoms with Gasteiger partial charge < -0.3 is 14.8 Å². The highest BCUT2D eigenvalue weighted by atomic mass is 16.6. The monoisotopic (exact) mass is 491 g/mol. The number of hydrogen-bond acceptors (Lipinski definition) is 5. The van der Waals surface area contributed by atoms with Gasteiger partial charge in [-0.15, -0.1) is 0 Å². The molecule has 0 saturated carbocycles. The Balaban J connectivity index is 3.26.